The number of carbonyl (C=O) groups is 1. The van der Waals surface area contributed by atoms with Gasteiger partial charge in [0.2, 0.25) is 0 Å². The van der Waals surface area contributed by atoms with Crippen LogP contribution in [0.2, 0.25) is 0 Å². The second-order valence-electron chi connectivity index (χ2n) is 3.67. The number of ketones is 1. The van der Waals surface area contributed by atoms with Crippen LogP contribution in [0, 0.1) is 0 Å². The maximum Gasteiger partial charge on any atom is 0.184 e. The molecule has 0 atom stereocenters. The summed E-state index contributed by atoms with van der Waals surface area (Å²) in [5.41, 5.74) is 1.71. The van der Waals surface area contributed by atoms with Gasteiger partial charge in [-0.2, -0.15) is 0 Å². The normalized spacial score (nSPS) is 10.6. The molecule has 0 heterocycles. The van der Waals surface area contributed by atoms with Crippen LogP contribution in [0.1, 0.15) is 15.9 Å². The maximum absolute atomic E-state index is 11.7. The summed E-state index contributed by atoms with van der Waals surface area (Å²) in [6.45, 7) is 0.193. The van der Waals surface area contributed by atoms with Gasteiger partial charge in [-0.3, -0.25) is 9.79 Å². The third-order valence-corrected chi connectivity index (χ3v) is 2.37. The Morgan fingerprint density at radius 2 is 1.53 bits per heavy atom. The van der Waals surface area contributed by atoms with E-state index >= 15 is 0 Å². The molecule has 0 fully saturated rings. The van der Waals surface area contributed by atoms with Gasteiger partial charge < -0.3 is 0 Å². The average Bonchev–Trinajstić information content (AvgIpc) is 2.41. The Hall–Kier alpha value is -2.22. The highest BCUT2D eigenvalue weighted by molar-refractivity contribution is 5.98. The smallest absolute Gasteiger partial charge is 0.184 e. The van der Waals surface area contributed by atoms with Crippen LogP contribution < -0.4 is 0 Å². The minimum atomic E-state index is 0.0396. The molecule has 2 rings (SSSR count). The van der Waals surface area contributed by atoms with Crippen molar-refractivity contribution in [2.24, 2.45) is 4.99 Å². The van der Waals surface area contributed by atoms with Crippen LogP contribution in [-0.4, -0.2) is 18.5 Å². The number of nitrogens with zero attached hydrogens (tertiary/aromatic N) is 1. The zero-order valence-electron chi connectivity index (χ0n) is 9.41. The van der Waals surface area contributed by atoms with E-state index < -0.39 is 0 Å². The topological polar surface area (TPSA) is 29.4 Å². The first-order chi connectivity index (χ1) is 8.36. The molecule has 2 nitrogen and oxygen atoms in total. The summed E-state index contributed by atoms with van der Waals surface area (Å²) in [5, 5.41) is 0. The first-order valence-corrected chi connectivity index (χ1v) is 5.49. The van der Waals surface area contributed by atoms with Gasteiger partial charge >= 0.3 is 0 Å². The summed E-state index contributed by atoms with van der Waals surface area (Å²) in [7, 11) is 0. The fourth-order valence-electron chi connectivity index (χ4n) is 1.49. The van der Waals surface area contributed by atoms with Crippen LogP contribution in [0.3, 0.4) is 0 Å². The Kier molecular flexibility index (Phi) is 3.81. The van der Waals surface area contributed by atoms with E-state index in [0.717, 1.165) is 5.56 Å². The third-order valence-electron chi connectivity index (χ3n) is 2.37. The van der Waals surface area contributed by atoms with Crippen molar-refractivity contribution in [2.45, 2.75) is 0 Å². The van der Waals surface area contributed by atoms with E-state index in [4.69, 9.17) is 0 Å². The molecule has 84 valence electrons. The van der Waals surface area contributed by atoms with Crippen molar-refractivity contribution in [3.05, 3.63) is 71.8 Å². The van der Waals surface area contributed by atoms with Crippen LogP contribution in [0.25, 0.3) is 0 Å². The molecular weight excluding hydrogens is 210 g/mol. The summed E-state index contributed by atoms with van der Waals surface area (Å²) in [6, 6.07) is 19.0. The number of carbonyl (C=O) groups excluding carboxylic acids is 1. The van der Waals surface area contributed by atoms with Crippen LogP contribution in [0.15, 0.2) is 65.7 Å². The standard InChI is InChI=1S/C15H13NO/c17-15(14-9-5-2-6-10-14)12-16-11-13-7-3-1-4-8-13/h1-11H,12H2. The van der Waals surface area contributed by atoms with Gasteiger partial charge in [-0.25, -0.2) is 0 Å². The first-order valence-electron chi connectivity index (χ1n) is 5.49. The van der Waals surface area contributed by atoms with Gasteiger partial charge in [-0.05, 0) is 5.56 Å². The van der Waals surface area contributed by atoms with Gasteiger partial charge in [0.05, 0.1) is 0 Å². The number of benzene rings is 2. The molecule has 2 heteroatoms. The average molecular weight is 223 g/mol. The molecule has 17 heavy (non-hydrogen) atoms. The molecule has 0 radical (unpaired) electrons. The minimum Gasteiger partial charge on any atom is -0.292 e. The molecule has 2 aromatic rings. The second-order valence-corrected chi connectivity index (χ2v) is 3.67. The second kappa shape index (κ2) is 5.75. The molecule has 0 N–H and O–H groups in total. The van der Waals surface area contributed by atoms with Crippen molar-refractivity contribution >= 4 is 12.0 Å². The van der Waals surface area contributed by atoms with E-state index in [2.05, 4.69) is 4.99 Å². The van der Waals surface area contributed by atoms with Crippen LogP contribution >= 0.6 is 0 Å². The summed E-state index contributed by atoms with van der Waals surface area (Å²) >= 11 is 0. The highest BCUT2D eigenvalue weighted by Crippen LogP contribution is 2.00. The summed E-state index contributed by atoms with van der Waals surface area (Å²) in [4.78, 5) is 15.9. The van der Waals surface area contributed by atoms with E-state index in [1.54, 1.807) is 18.3 Å². The molecule has 2 aromatic carbocycles. The molecule has 0 unspecified atom stereocenters. The Morgan fingerprint density at radius 1 is 0.941 bits per heavy atom. The fraction of sp³-hybridized carbons (Fsp3) is 0.0667. The predicted molar refractivity (Wildman–Crippen MR) is 69.7 cm³/mol. The van der Waals surface area contributed by atoms with Gasteiger partial charge in [0.15, 0.2) is 5.78 Å². The number of hydrogen-bond donors (Lipinski definition) is 0. The lowest BCUT2D eigenvalue weighted by molar-refractivity contribution is 0.100. The summed E-state index contributed by atoms with van der Waals surface area (Å²) in [6.07, 6.45) is 1.72. The van der Waals surface area contributed by atoms with Crippen LogP contribution in [0.5, 0.6) is 0 Å². The highest BCUT2D eigenvalue weighted by atomic mass is 16.1. The zero-order valence-corrected chi connectivity index (χ0v) is 9.41. The maximum atomic E-state index is 11.7. The molecule has 0 amide bonds. The van der Waals surface area contributed by atoms with Gasteiger partial charge in [0.1, 0.15) is 6.54 Å². The summed E-state index contributed by atoms with van der Waals surface area (Å²) < 4.78 is 0. The largest absolute Gasteiger partial charge is 0.292 e. The van der Waals surface area contributed by atoms with Crippen molar-refractivity contribution in [3.63, 3.8) is 0 Å². The van der Waals surface area contributed by atoms with Gasteiger partial charge in [-0.1, -0.05) is 60.7 Å². The molecule has 0 aliphatic rings. The summed E-state index contributed by atoms with van der Waals surface area (Å²) in [5.74, 6) is 0.0396. The molecule has 0 spiro atoms. The van der Waals surface area contributed by atoms with Crippen molar-refractivity contribution < 1.29 is 4.79 Å². The van der Waals surface area contributed by atoms with Crippen LogP contribution in [-0.2, 0) is 0 Å². The van der Waals surface area contributed by atoms with Crippen molar-refractivity contribution in [1.82, 2.24) is 0 Å². The highest BCUT2D eigenvalue weighted by Gasteiger charge is 2.01. The Labute approximate surface area is 101 Å². The van der Waals surface area contributed by atoms with Crippen molar-refractivity contribution in [1.29, 1.82) is 0 Å². The van der Waals surface area contributed by atoms with E-state index in [1.807, 2.05) is 48.5 Å². The van der Waals surface area contributed by atoms with E-state index in [-0.39, 0.29) is 12.3 Å². The fourth-order valence-corrected chi connectivity index (χ4v) is 1.49. The third kappa shape index (κ3) is 3.38. The molecule has 0 aliphatic carbocycles. The Balaban J connectivity index is 1.95. The molecule has 0 aromatic heterocycles. The number of hydrogen-bond acceptors (Lipinski definition) is 2. The Morgan fingerprint density at radius 3 is 2.18 bits per heavy atom. The lowest BCUT2D eigenvalue weighted by Crippen LogP contribution is -2.03. The van der Waals surface area contributed by atoms with E-state index in [9.17, 15) is 4.79 Å². The molecule has 0 aliphatic heterocycles. The molecule has 0 saturated heterocycles. The lowest BCUT2D eigenvalue weighted by Gasteiger charge is -1.96. The number of aliphatic imine (C=N–C) groups is 1. The minimum absolute atomic E-state index is 0.0396. The monoisotopic (exact) mass is 223 g/mol. The first kappa shape index (κ1) is 11.3. The van der Waals surface area contributed by atoms with Crippen molar-refractivity contribution in [3.8, 4) is 0 Å². The van der Waals surface area contributed by atoms with Gasteiger partial charge in [0.25, 0.3) is 0 Å². The number of rotatable bonds is 4. The van der Waals surface area contributed by atoms with Gasteiger partial charge in [0, 0.05) is 11.8 Å². The molecule has 0 bridgehead atoms. The predicted octanol–water partition coefficient (Wildman–Crippen LogP) is 2.99. The van der Waals surface area contributed by atoms with E-state index in [0.29, 0.717) is 5.56 Å². The van der Waals surface area contributed by atoms with Crippen molar-refractivity contribution in [2.75, 3.05) is 6.54 Å². The molecular formula is C15H13NO. The van der Waals surface area contributed by atoms with Gasteiger partial charge in [-0.15, -0.1) is 0 Å². The SMILES string of the molecule is O=C(CN=Cc1ccccc1)c1ccccc1. The quantitative estimate of drug-likeness (QED) is 0.578. The Bertz CT molecular complexity index is 503. The zero-order chi connectivity index (χ0) is 11.9. The van der Waals surface area contributed by atoms with E-state index in [1.165, 1.54) is 0 Å². The van der Waals surface area contributed by atoms with Crippen LogP contribution in [0.4, 0.5) is 0 Å². The lowest BCUT2D eigenvalue weighted by atomic mass is 10.1. The number of Topliss-reactive ketones (excluding diaryl/α,β-unsaturated/α-hetero) is 1. The molecule has 0 saturated carbocycles.